The first-order valence-corrected chi connectivity index (χ1v) is 6.94. The SMILES string of the molecule is Cc1cccc(C(=O)/C=C/C2=Cc3ccccc3OC2)c1. The number of hydrogen-bond donors (Lipinski definition) is 0. The van der Waals surface area contributed by atoms with E-state index in [-0.39, 0.29) is 5.78 Å². The van der Waals surface area contributed by atoms with Crippen molar-refractivity contribution in [1.82, 2.24) is 0 Å². The van der Waals surface area contributed by atoms with E-state index in [1.54, 1.807) is 6.08 Å². The van der Waals surface area contributed by atoms with Crippen molar-refractivity contribution in [3.8, 4) is 5.75 Å². The third kappa shape index (κ3) is 3.11. The van der Waals surface area contributed by atoms with Crippen LogP contribution in [0.1, 0.15) is 21.5 Å². The first-order chi connectivity index (χ1) is 10.2. The monoisotopic (exact) mass is 276 g/mol. The topological polar surface area (TPSA) is 26.3 Å². The van der Waals surface area contributed by atoms with Gasteiger partial charge in [0, 0.05) is 11.1 Å². The van der Waals surface area contributed by atoms with E-state index < -0.39 is 0 Å². The van der Waals surface area contributed by atoms with Gasteiger partial charge in [-0.25, -0.2) is 0 Å². The van der Waals surface area contributed by atoms with Gasteiger partial charge in [0.1, 0.15) is 12.4 Å². The fourth-order valence-corrected chi connectivity index (χ4v) is 2.31. The highest BCUT2D eigenvalue weighted by Gasteiger charge is 2.09. The van der Waals surface area contributed by atoms with Crippen molar-refractivity contribution in [3.63, 3.8) is 0 Å². The van der Waals surface area contributed by atoms with E-state index >= 15 is 0 Å². The van der Waals surface area contributed by atoms with Gasteiger partial charge >= 0.3 is 0 Å². The number of ketones is 1. The Labute approximate surface area is 124 Å². The molecule has 0 unspecified atom stereocenters. The minimum atomic E-state index is 0.0125. The highest BCUT2D eigenvalue weighted by atomic mass is 16.5. The molecule has 3 rings (SSSR count). The molecule has 0 atom stereocenters. The maximum absolute atomic E-state index is 12.1. The number of benzene rings is 2. The van der Waals surface area contributed by atoms with Crippen LogP contribution in [0.4, 0.5) is 0 Å². The van der Waals surface area contributed by atoms with Crippen molar-refractivity contribution < 1.29 is 9.53 Å². The summed E-state index contributed by atoms with van der Waals surface area (Å²) >= 11 is 0. The summed E-state index contributed by atoms with van der Waals surface area (Å²) in [5.41, 5.74) is 3.84. The number of hydrogen-bond acceptors (Lipinski definition) is 2. The fourth-order valence-electron chi connectivity index (χ4n) is 2.31. The summed E-state index contributed by atoms with van der Waals surface area (Å²) in [6.45, 7) is 2.48. The third-order valence-electron chi connectivity index (χ3n) is 3.41. The Morgan fingerprint density at radius 3 is 2.86 bits per heavy atom. The standard InChI is InChI=1S/C19H16O2/c1-14-5-4-7-16(11-14)18(20)10-9-15-12-17-6-2-3-8-19(17)21-13-15/h2-12H,13H2,1H3/b10-9+. The second-order valence-electron chi connectivity index (χ2n) is 5.11. The van der Waals surface area contributed by atoms with E-state index in [4.69, 9.17) is 4.74 Å². The van der Waals surface area contributed by atoms with Crippen LogP contribution in [0.2, 0.25) is 0 Å². The number of ether oxygens (including phenoxy) is 1. The van der Waals surface area contributed by atoms with Crippen LogP contribution in [-0.4, -0.2) is 12.4 Å². The number of rotatable bonds is 3. The van der Waals surface area contributed by atoms with Gasteiger partial charge in [0.25, 0.3) is 0 Å². The lowest BCUT2D eigenvalue weighted by atomic mass is 10.0. The van der Waals surface area contributed by atoms with Gasteiger partial charge in [-0.3, -0.25) is 4.79 Å². The normalized spacial score (nSPS) is 13.5. The van der Waals surface area contributed by atoms with Crippen LogP contribution in [0.5, 0.6) is 5.75 Å². The molecular formula is C19H16O2. The molecular weight excluding hydrogens is 260 g/mol. The number of carbonyl (C=O) groups is 1. The third-order valence-corrected chi connectivity index (χ3v) is 3.41. The molecule has 1 aliphatic heterocycles. The van der Waals surface area contributed by atoms with Gasteiger partial charge in [0.15, 0.2) is 5.78 Å². The minimum absolute atomic E-state index is 0.0125. The summed E-state index contributed by atoms with van der Waals surface area (Å²) in [5.74, 6) is 0.901. The van der Waals surface area contributed by atoms with Crippen molar-refractivity contribution in [1.29, 1.82) is 0 Å². The summed E-state index contributed by atoms with van der Waals surface area (Å²) in [5, 5.41) is 0. The van der Waals surface area contributed by atoms with Gasteiger partial charge in [-0.2, -0.15) is 0 Å². The molecule has 2 aromatic rings. The maximum atomic E-state index is 12.1. The molecule has 0 radical (unpaired) electrons. The lowest BCUT2D eigenvalue weighted by Gasteiger charge is -2.15. The van der Waals surface area contributed by atoms with Crippen molar-refractivity contribution in [2.24, 2.45) is 0 Å². The van der Waals surface area contributed by atoms with Crippen molar-refractivity contribution >= 4 is 11.9 Å². The van der Waals surface area contributed by atoms with E-state index in [1.807, 2.05) is 61.5 Å². The zero-order chi connectivity index (χ0) is 14.7. The van der Waals surface area contributed by atoms with E-state index in [9.17, 15) is 4.79 Å². The molecule has 2 nitrogen and oxygen atoms in total. The maximum Gasteiger partial charge on any atom is 0.185 e. The van der Waals surface area contributed by atoms with Gasteiger partial charge in [-0.1, -0.05) is 48.0 Å². The molecule has 0 fully saturated rings. The summed E-state index contributed by atoms with van der Waals surface area (Å²) < 4.78 is 5.66. The van der Waals surface area contributed by atoms with Crippen LogP contribution in [0.3, 0.4) is 0 Å². The molecule has 0 aliphatic carbocycles. The van der Waals surface area contributed by atoms with E-state index in [1.165, 1.54) is 0 Å². The molecule has 0 aromatic heterocycles. The second kappa shape index (κ2) is 5.80. The molecule has 21 heavy (non-hydrogen) atoms. The average Bonchev–Trinajstić information content (AvgIpc) is 2.52. The molecule has 0 amide bonds. The molecule has 1 aliphatic rings. The zero-order valence-corrected chi connectivity index (χ0v) is 11.9. The molecule has 0 saturated heterocycles. The number of carbonyl (C=O) groups excluding carboxylic acids is 1. The van der Waals surface area contributed by atoms with Gasteiger partial charge in [-0.15, -0.1) is 0 Å². The van der Waals surface area contributed by atoms with Gasteiger partial charge in [-0.05, 0) is 36.8 Å². The zero-order valence-electron chi connectivity index (χ0n) is 11.9. The van der Waals surface area contributed by atoms with Crippen LogP contribution in [0, 0.1) is 6.92 Å². The number of aryl methyl sites for hydroxylation is 1. The van der Waals surface area contributed by atoms with Crippen LogP contribution < -0.4 is 4.74 Å². The molecule has 104 valence electrons. The van der Waals surface area contributed by atoms with Crippen LogP contribution in [-0.2, 0) is 0 Å². The quantitative estimate of drug-likeness (QED) is 0.620. The van der Waals surface area contributed by atoms with Crippen LogP contribution >= 0.6 is 0 Å². The molecule has 2 aromatic carbocycles. The molecule has 0 N–H and O–H groups in total. The Bertz CT molecular complexity index is 739. The molecule has 0 saturated carbocycles. The number of para-hydroxylation sites is 1. The molecule has 0 spiro atoms. The number of fused-ring (bicyclic) bond motifs is 1. The Morgan fingerprint density at radius 2 is 2.00 bits per heavy atom. The lowest BCUT2D eigenvalue weighted by molar-refractivity contribution is 0.104. The summed E-state index contributed by atoms with van der Waals surface area (Å²) in [6.07, 6.45) is 5.50. The van der Waals surface area contributed by atoms with Gasteiger partial charge in [0.2, 0.25) is 0 Å². The van der Waals surface area contributed by atoms with E-state index in [0.29, 0.717) is 12.2 Å². The summed E-state index contributed by atoms with van der Waals surface area (Å²) in [4.78, 5) is 12.1. The fraction of sp³-hybridized carbons (Fsp3) is 0.105. The summed E-state index contributed by atoms with van der Waals surface area (Å²) in [7, 11) is 0. The molecule has 1 heterocycles. The first kappa shape index (κ1) is 13.4. The van der Waals surface area contributed by atoms with E-state index in [2.05, 4.69) is 6.08 Å². The Balaban J connectivity index is 1.78. The van der Waals surface area contributed by atoms with Crippen molar-refractivity contribution in [3.05, 3.63) is 82.9 Å². The second-order valence-corrected chi connectivity index (χ2v) is 5.11. The predicted molar refractivity (Wildman–Crippen MR) is 84.6 cm³/mol. The predicted octanol–water partition coefficient (Wildman–Crippen LogP) is 4.21. The largest absolute Gasteiger partial charge is 0.488 e. The van der Waals surface area contributed by atoms with Gasteiger partial charge < -0.3 is 4.74 Å². The minimum Gasteiger partial charge on any atom is -0.488 e. The van der Waals surface area contributed by atoms with Crippen molar-refractivity contribution in [2.75, 3.05) is 6.61 Å². The smallest absolute Gasteiger partial charge is 0.185 e. The first-order valence-electron chi connectivity index (χ1n) is 6.94. The van der Waals surface area contributed by atoms with Gasteiger partial charge in [0.05, 0.1) is 0 Å². The van der Waals surface area contributed by atoms with Crippen LogP contribution in [0.15, 0.2) is 66.3 Å². The molecule has 0 bridgehead atoms. The Hall–Kier alpha value is -2.61. The summed E-state index contributed by atoms with van der Waals surface area (Å²) in [6, 6.07) is 15.5. The van der Waals surface area contributed by atoms with Crippen LogP contribution in [0.25, 0.3) is 6.08 Å². The average molecular weight is 276 g/mol. The highest BCUT2D eigenvalue weighted by molar-refractivity contribution is 6.04. The lowest BCUT2D eigenvalue weighted by Crippen LogP contribution is -2.06. The number of allylic oxidation sites excluding steroid dienone is 1. The molecule has 2 heteroatoms. The Morgan fingerprint density at radius 1 is 1.14 bits per heavy atom. The van der Waals surface area contributed by atoms with Crippen molar-refractivity contribution in [2.45, 2.75) is 6.92 Å². The van der Waals surface area contributed by atoms with E-state index in [0.717, 1.165) is 22.4 Å². The highest BCUT2D eigenvalue weighted by Crippen LogP contribution is 2.26. The Kier molecular flexibility index (Phi) is 3.69.